The minimum absolute atomic E-state index is 0.124. The van der Waals surface area contributed by atoms with Crippen LogP contribution in [0.1, 0.15) is 47.9 Å². The number of para-hydroxylation sites is 2. The number of aromatic nitrogens is 2. The monoisotopic (exact) mass is 379 g/mol. The van der Waals surface area contributed by atoms with Gasteiger partial charge in [0.2, 0.25) is 0 Å². The molecule has 4 rings (SSSR count). The van der Waals surface area contributed by atoms with Crippen molar-refractivity contribution in [1.29, 1.82) is 0 Å². The van der Waals surface area contributed by atoms with Crippen molar-refractivity contribution in [3.8, 4) is 0 Å². The molecule has 0 saturated heterocycles. The van der Waals surface area contributed by atoms with Crippen LogP contribution >= 0.6 is 0 Å². The Hall–Kier alpha value is -2.69. The van der Waals surface area contributed by atoms with E-state index in [1.807, 2.05) is 23.1 Å². The fraction of sp³-hybridized carbons (Fsp3) is 0.391. The van der Waals surface area contributed by atoms with Gasteiger partial charge < -0.3 is 9.47 Å². The van der Waals surface area contributed by atoms with Crippen LogP contribution in [0.3, 0.4) is 0 Å². The quantitative estimate of drug-likeness (QED) is 0.583. The lowest BCUT2D eigenvalue weighted by atomic mass is 10.1. The maximum absolute atomic E-state index is 14.0. The third-order valence-corrected chi connectivity index (χ3v) is 5.39. The summed E-state index contributed by atoms with van der Waals surface area (Å²) >= 11 is 0. The molecule has 0 N–H and O–H groups in total. The first-order valence-electron chi connectivity index (χ1n) is 10.1. The number of halogens is 1. The number of rotatable bonds is 7. The Bertz CT molecular complexity index is 1010. The van der Waals surface area contributed by atoms with Crippen LogP contribution in [0.2, 0.25) is 0 Å². The molecule has 28 heavy (non-hydrogen) atoms. The van der Waals surface area contributed by atoms with Gasteiger partial charge in [-0.05, 0) is 61.9 Å². The maximum atomic E-state index is 14.0. The number of amides is 1. The van der Waals surface area contributed by atoms with E-state index < -0.39 is 0 Å². The van der Waals surface area contributed by atoms with E-state index in [0.29, 0.717) is 30.1 Å². The third kappa shape index (κ3) is 3.79. The molecule has 5 heteroatoms. The van der Waals surface area contributed by atoms with Crippen molar-refractivity contribution in [1.82, 2.24) is 14.5 Å². The van der Waals surface area contributed by atoms with Crippen LogP contribution < -0.4 is 0 Å². The molecule has 0 bridgehead atoms. The second kappa shape index (κ2) is 7.74. The van der Waals surface area contributed by atoms with Crippen molar-refractivity contribution < 1.29 is 9.18 Å². The molecular weight excluding hydrogens is 353 g/mol. The van der Waals surface area contributed by atoms with E-state index in [1.54, 1.807) is 19.1 Å². The van der Waals surface area contributed by atoms with Gasteiger partial charge in [0.15, 0.2) is 0 Å². The van der Waals surface area contributed by atoms with Crippen LogP contribution in [-0.4, -0.2) is 26.9 Å². The summed E-state index contributed by atoms with van der Waals surface area (Å²) in [5.41, 5.74) is 3.00. The summed E-state index contributed by atoms with van der Waals surface area (Å²) in [7, 11) is 0. The van der Waals surface area contributed by atoms with Crippen LogP contribution in [0.25, 0.3) is 11.0 Å². The van der Waals surface area contributed by atoms with Gasteiger partial charge in [-0.25, -0.2) is 9.37 Å². The van der Waals surface area contributed by atoms with Crippen LogP contribution in [0, 0.1) is 18.7 Å². The van der Waals surface area contributed by atoms with Crippen molar-refractivity contribution >= 4 is 16.9 Å². The molecule has 0 radical (unpaired) electrons. The van der Waals surface area contributed by atoms with E-state index in [9.17, 15) is 9.18 Å². The number of nitrogens with zero attached hydrogens (tertiary/aromatic N) is 3. The van der Waals surface area contributed by atoms with Crippen molar-refractivity contribution in [2.75, 3.05) is 6.54 Å². The zero-order valence-electron chi connectivity index (χ0n) is 16.5. The summed E-state index contributed by atoms with van der Waals surface area (Å²) < 4.78 is 16.2. The molecule has 0 unspecified atom stereocenters. The zero-order valence-corrected chi connectivity index (χ0v) is 16.5. The molecule has 1 aromatic heterocycles. The van der Waals surface area contributed by atoms with E-state index in [1.165, 1.54) is 6.07 Å². The lowest BCUT2D eigenvalue weighted by molar-refractivity contribution is 0.0728. The van der Waals surface area contributed by atoms with Crippen LogP contribution in [0.4, 0.5) is 4.39 Å². The number of benzene rings is 2. The maximum Gasteiger partial charge on any atom is 0.254 e. The predicted molar refractivity (Wildman–Crippen MR) is 109 cm³/mol. The van der Waals surface area contributed by atoms with Crippen LogP contribution in [0.15, 0.2) is 42.5 Å². The summed E-state index contributed by atoms with van der Waals surface area (Å²) in [5, 5.41) is 0. The van der Waals surface area contributed by atoms with Gasteiger partial charge >= 0.3 is 0 Å². The first-order chi connectivity index (χ1) is 13.6. The molecule has 1 aliphatic rings. The Morgan fingerprint density at radius 2 is 2.04 bits per heavy atom. The Kier molecular flexibility index (Phi) is 5.16. The Morgan fingerprint density at radius 3 is 2.75 bits per heavy atom. The number of hydrogen-bond acceptors (Lipinski definition) is 2. The summed E-state index contributed by atoms with van der Waals surface area (Å²) in [5.74, 6) is 0.976. The molecule has 1 amide bonds. The van der Waals surface area contributed by atoms with Gasteiger partial charge in [-0.15, -0.1) is 0 Å². The average Bonchev–Trinajstić information content (AvgIpc) is 3.45. The lowest BCUT2D eigenvalue weighted by Crippen LogP contribution is -2.33. The highest BCUT2D eigenvalue weighted by molar-refractivity contribution is 5.94. The summed E-state index contributed by atoms with van der Waals surface area (Å²) in [6, 6.07) is 12.8. The molecule has 1 saturated carbocycles. The van der Waals surface area contributed by atoms with E-state index in [0.717, 1.165) is 42.7 Å². The normalized spacial score (nSPS) is 13.8. The highest BCUT2D eigenvalue weighted by Crippen LogP contribution is 2.31. The fourth-order valence-electron chi connectivity index (χ4n) is 3.63. The first kappa shape index (κ1) is 18.7. The average molecular weight is 379 g/mol. The zero-order chi connectivity index (χ0) is 19.7. The molecule has 1 fully saturated rings. The summed E-state index contributed by atoms with van der Waals surface area (Å²) in [6.07, 6.45) is 3.29. The number of carbonyl (C=O) groups excluding carboxylic acids is 1. The van der Waals surface area contributed by atoms with Gasteiger partial charge in [-0.1, -0.05) is 25.1 Å². The van der Waals surface area contributed by atoms with Crippen LogP contribution in [-0.2, 0) is 13.1 Å². The minimum Gasteiger partial charge on any atom is -0.331 e. The van der Waals surface area contributed by atoms with E-state index in [2.05, 4.69) is 17.6 Å². The van der Waals surface area contributed by atoms with E-state index >= 15 is 0 Å². The number of fused-ring (bicyclic) bond motifs is 1. The molecular formula is C23H26FN3O. The number of imidazole rings is 1. The second-order valence-electron chi connectivity index (χ2n) is 7.76. The van der Waals surface area contributed by atoms with E-state index in [4.69, 9.17) is 4.98 Å². The van der Waals surface area contributed by atoms with Gasteiger partial charge in [0.25, 0.3) is 5.91 Å². The molecule has 146 valence electrons. The summed E-state index contributed by atoms with van der Waals surface area (Å²) in [4.78, 5) is 19.8. The Morgan fingerprint density at radius 1 is 1.25 bits per heavy atom. The molecule has 0 atom stereocenters. The molecule has 1 heterocycles. The van der Waals surface area contributed by atoms with Gasteiger partial charge in [0.1, 0.15) is 11.6 Å². The Labute approximate surface area is 165 Å². The van der Waals surface area contributed by atoms with Gasteiger partial charge in [-0.2, -0.15) is 0 Å². The SMILES string of the molecule is CCCn1c(CN(CC2CC2)C(=O)c2ccc(C)c(F)c2)nc2ccccc21. The number of aryl methyl sites for hydroxylation is 2. The number of hydrogen-bond donors (Lipinski definition) is 0. The molecule has 0 spiro atoms. The second-order valence-corrected chi connectivity index (χ2v) is 7.76. The molecule has 3 aromatic rings. The predicted octanol–water partition coefficient (Wildman–Crippen LogP) is 4.95. The molecule has 4 nitrogen and oxygen atoms in total. The van der Waals surface area contributed by atoms with Gasteiger partial charge in [-0.3, -0.25) is 4.79 Å². The Balaban J connectivity index is 1.66. The van der Waals surface area contributed by atoms with Gasteiger partial charge in [0.05, 0.1) is 17.6 Å². The lowest BCUT2D eigenvalue weighted by Gasteiger charge is -2.23. The number of carbonyl (C=O) groups is 1. The first-order valence-corrected chi connectivity index (χ1v) is 10.1. The van der Waals surface area contributed by atoms with Crippen LogP contribution in [0.5, 0.6) is 0 Å². The van der Waals surface area contributed by atoms with E-state index in [-0.39, 0.29) is 11.7 Å². The highest BCUT2D eigenvalue weighted by atomic mass is 19.1. The van der Waals surface area contributed by atoms with Crippen molar-refractivity contribution in [3.63, 3.8) is 0 Å². The fourth-order valence-corrected chi connectivity index (χ4v) is 3.63. The smallest absolute Gasteiger partial charge is 0.254 e. The summed E-state index contributed by atoms with van der Waals surface area (Å²) in [6.45, 7) is 5.85. The molecule has 2 aromatic carbocycles. The van der Waals surface area contributed by atoms with Gasteiger partial charge in [0, 0.05) is 18.7 Å². The minimum atomic E-state index is -0.338. The topological polar surface area (TPSA) is 38.1 Å². The molecule has 1 aliphatic carbocycles. The van der Waals surface area contributed by atoms with Crippen molar-refractivity contribution in [2.45, 2.75) is 46.2 Å². The largest absolute Gasteiger partial charge is 0.331 e. The molecule has 0 aliphatic heterocycles. The third-order valence-electron chi connectivity index (χ3n) is 5.39. The van der Waals surface area contributed by atoms with Crippen molar-refractivity contribution in [3.05, 3.63) is 65.2 Å². The highest BCUT2D eigenvalue weighted by Gasteiger charge is 2.28. The standard InChI is InChI=1S/C23H26FN3O/c1-3-12-27-21-7-5-4-6-20(21)25-22(27)15-26(14-17-9-10-17)23(28)18-11-8-16(2)19(24)13-18/h4-8,11,13,17H,3,9-10,12,14-15H2,1-2H3. The van der Waals surface area contributed by atoms with Crippen molar-refractivity contribution in [2.24, 2.45) is 5.92 Å².